The molecular weight excluding hydrogens is 619 g/mol. The van der Waals surface area contributed by atoms with Crippen molar-refractivity contribution >= 4 is 70.0 Å². The summed E-state index contributed by atoms with van der Waals surface area (Å²) in [5, 5.41) is 7.55. The van der Waals surface area contributed by atoms with Crippen molar-refractivity contribution in [1.82, 2.24) is 5.43 Å². The zero-order chi connectivity index (χ0) is 31.1. The molecule has 3 amide bonds. The van der Waals surface area contributed by atoms with Crippen molar-refractivity contribution in [2.75, 3.05) is 29.6 Å². The number of hydrogen-bond acceptors (Lipinski definition) is 6. The predicted octanol–water partition coefficient (Wildman–Crippen LogP) is 7.23. The van der Waals surface area contributed by atoms with Crippen molar-refractivity contribution in [3.63, 3.8) is 0 Å². The van der Waals surface area contributed by atoms with Gasteiger partial charge in [0.2, 0.25) is 0 Å². The molecule has 2 N–H and O–H groups in total. The third kappa shape index (κ3) is 7.60. The normalized spacial score (nSPS) is 13.1. The minimum absolute atomic E-state index is 0.151. The Morgan fingerprint density at radius 1 is 0.886 bits per heavy atom. The molecule has 0 saturated heterocycles. The van der Waals surface area contributed by atoms with Gasteiger partial charge in [0.05, 0.1) is 28.4 Å². The molecule has 44 heavy (non-hydrogen) atoms. The van der Waals surface area contributed by atoms with Gasteiger partial charge in [-0.05, 0) is 72.5 Å². The summed E-state index contributed by atoms with van der Waals surface area (Å²) in [7, 11) is 1.36. The summed E-state index contributed by atoms with van der Waals surface area (Å²) in [6.07, 6.45) is 1.44. The Labute approximate surface area is 269 Å². The Bertz CT molecular complexity index is 1720. The number of amides is 3. The fraction of sp³-hybridized carbons (Fsp3) is 0.152. The molecular formula is C33H28Cl2N4O4S. The maximum absolute atomic E-state index is 13.6. The highest BCUT2D eigenvalue weighted by molar-refractivity contribution is 7.99. The van der Waals surface area contributed by atoms with Gasteiger partial charge in [0.25, 0.3) is 5.91 Å². The van der Waals surface area contributed by atoms with Crippen LogP contribution in [-0.4, -0.2) is 43.0 Å². The summed E-state index contributed by atoms with van der Waals surface area (Å²) in [6.45, 7) is 0.457. The van der Waals surface area contributed by atoms with Gasteiger partial charge in [-0.15, -0.1) is 11.8 Å². The highest BCUT2D eigenvalue weighted by Crippen LogP contribution is 2.34. The number of halogens is 2. The van der Waals surface area contributed by atoms with E-state index in [1.165, 1.54) is 13.2 Å². The average molecular weight is 648 g/mol. The summed E-state index contributed by atoms with van der Waals surface area (Å²) in [5.41, 5.74) is 7.12. The topological polar surface area (TPSA) is 100 Å². The Hall–Kier alpha value is -4.31. The number of anilines is 2. The van der Waals surface area contributed by atoms with Gasteiger partial charge in [-0.2, -0.15) is 5.10 Å². The van der Waals surface area contributed by atoms with Crippen LogP contribution in [0, 0.1) is 0 Å². The smallest absolute Gasteiger partial charge is 0.339 e. The summed E-state index contributed by atoms with van der Waals surface area (Å²) < 4.78 is 4.76. The van der Waals surface area contributed by atoms with Crippen LogP contribution in [-0.2, 0) is 22.4 Å². The number of carbonyl (C=O) groups is 3. The molecule has 224 valence electrons. The number of thioether (sulfide) groups is 1. The number of urea groups is 1. The van der Waals surface area contributed by atoms with Gasteiger partial charge in [0, 0.05) is 28.4 Å². The standard InChI is InChI=1S/C33H28Cl2N4O4S/c1-43-32(41)23-9-7-22(8-10-23)16-18-44-25-12-14-29-26(20-25)30(31(40)39(29)17-15-21-5-3-2-4-6-21)37-38-33(42)36-24-11-13-27(34)28(35)19-24/h2-14,19-20H,15-18H2,1H3,(H2,36,38,42)/b37-30-. The molecule has 1 aliphatic rings. The Balaban J connectivity index is 1.31. The molecule has 0 bridgehead atoms. The van der Waals surface area contributed by atoms with E-state index in [0.717, 1.165) is 33.9 Å². The van der Waals surface area contributed by atoms with Gasteiger partial charge in [-0.25, -0.2) is 15.0 Å². The Kier molecular flexibility index (Phi) is 10.2. The van der Waals surface area contributed by atoms with Gasteiger partial charge in [-0.1, -0.05) is 65.7 Å². The lowest BCUT2D eigenvalue weighted by Gasteiger charge is -2.17. The van der Waals surface area contributed by atoms with Crippen LogP contribution in [0.1, 0.15) is 27.0 Å². The van der Waals surface area contributed by atoms with Crippen LogP contribution in [0.3, 0.4) is 0 Å². The molecule has 4 aromatic rings. The van der Waals surface area contributed by atoms with E-state index in [1.54, 1.807) is 40.9 Å². The lowest BCUT2D eigenvalue weighted by Crippen LogP contribution is -2.34. The second-order valence-corrected chi connectivity index (χ2v) is 11.8. The zero-order valence-electron chi connectivity index (χ0n) is 23.7. The van der Waals surface area contributed by atoms with E-state index in [0.29, 0.717) is 39.8 Å². The SMILES string of the molecule is COC(=O)c1ccc(CCSc2ccc3c(c2)/C(=N/NC(=O)Nc2ccc(Cl)c(Cl)c2)C(=O)N3CCc2ccccc2)cc1. The minimum atomic E-state index is -0.628. The molecule has 0 spiro atoms. The molecule has 1 aliphatic heterocycles. The van der Waals surface area contributed by atoms with E-state index in [-0.39, 0.29) is 17.6 Å². The summed E-state index contributed by atoms with van der Waals surface area (Å²) in [4.78, 5) is 40.6. The molecule has 11 heteroatoms. The summed E-state index contributed by atoms with van der Waals surface area (Å²) in [6, 6.07) is 27.2. The van der Waals surface area contributed by atoms with E-state index < -0.39 is 6.03 Å². The maximum atomic E-state index is 13.6. The maximum Gasteiger partial charge on any atom is 0.339 e. The number of nitrogens with zero attached hydrogens (tertiary/aromatic N) is 2. The van der Waals surface area contributed by atoms with Gasteiger partial charge < -0.3 is 15.0 Å². The van der Waals surface area contributed by atoms with Crippen LogP contribution in [0.2, 0.25) is 10.0 Å². The number of methoxy groups -OCH3 is 1. The van der Waals surface area contributed by atoms with Crippen LogP contribution in [0.4, 0.5) is 16.2 Å². The second kappa shape index (κ2) is 14.4. The largest absolute Gasteiger partial charge is 0.465 e. The third-order valence-electron chi connectivity index (χ3n) is 6.91. The molecule has 0 fully saturated rings. The van der Waals surface area contributed by atoms with Crippen molar-refractivity contribution in [2.45, 2.75) is 17.7 Å². The number of ether oxygens (including phenoxy) is 1. The molecule has 8 nitrogen and oxygen atoms in total. The van der Waals surface area contributed by atoms with Crippen LogP contribution in [0.25, 0.3) is 0 Å². The first-order valence-corrected chi connectivity index (χ1v) is 15.5. The van der Waals surface area contributed by atoms with E-state index >= 15 is 0 Å². The van der Waals surface area contributed by atoms with E-state index in [2.05, 4.69) is 15.8 Å². The lowest BCUT2D eigenvalue weighted by atomic mass is 10.1. The first-order valence-electron chi connectivity index (χ1n) is 13.7. The minimum Gasteiger partial charge on any atom is -0.465 e. The average Bonchev–Trinajstić information content (AvgIpc) is 3.30. The monoisotopic (exact) mass is 646 g/mol. The van der Waals surface area contributed by atoms with Crippen molar-refractivity contribution in [2.24, 2.45) is 5.10 Å². The molecule has 1 heterocycles. The number of carbonyl (C=O) groups excluding carboxylic acids is 3. The quantitative estimate of drug-likeness (QED) is 0.108. The van der Waals surface area contributed by atoms with Gasteiger partial charge >= 0.3 is 12.0 Å². The first kappa shape index (κ1) is 31.1. The molecule has 0 unspecified atom stereocenters. The number of hydrogen-bond donors (Lipinski definition) is 2. The van der Waals surface area contributed by atoms with Crippen molar-refractivity contribution < 1.29 is 19.1 Å². The summed E-state index contributed by atoms with van der Waals surface area (Å²) in [5.74, 6) is 0.118. The molecule has 4 aromatic carbocycles. The van der Waals surface area contributed by atoms with Crippen LogP contribution in [0.5, 0.6) is 0 Å². The molecule has 5 rings (SSSR count). The van der Waals surface area contributed by atoms with Gasteiger partial charge in [0.15, 0.2) is 5.71 Å². The predicted molar refractivity (Wildman–Crippen MR) is 176 cm³/mol. The van der Waals surface area contributed by atoms with Crippen molar-refractivity contribution in [3.05, 3.63) is 123 Å². The van der Waals surface area contributed by atoms with E-state index in [9.17, 15) is 14.4 Å². The number of hydrazone groups is 1. The summed E-state index contributed by atoms with van der Waals surface area (Å²) >= 11 is 13.7. The Morgan fingerprint density at radius 2 is 1.64 bits per heavy atom. The highest BCUT2D eigenvalue weighted by atomic mass is 35.5. The van der Waals surface area contributed by atoms with Crippen LogP contribution < -0.4 is 15.6 Å². The van der Waals surface area contributed by atoms with E-state index in [4.69, 9.17) is 27.9 Å². The van der Waals surface area contributed by atoms with Crippen LogP contribution in [0.15, 0.2) is 101 Å². The fourth-order valence-corrected chi connectivity index (χ4v) is 5.89. The number of esters is 1. The number of fused-ring (bicyclic) bond motifs is 1. The second-order valence-electron chi connectivity index (χ2n) is 9.81. The number of nitrogens with one attached hydrogen (secondary N) is 2. The number of benzene rings is 4. The lowest BCUT2D eigenvalue weighted by molar-refractivity contribution is -0.112. The molecule has 0 saturated carbocycles. The van der Waals surface area contributed by atoms with Crippen molar-refractivity contribution in [3.8, 4) is 0 Å². The molecule has 0 aromatic heterocycles. The highest BCUT2D eigenvalue weighted by Gasteiger charge is 2.34. The number of rotatable bonds is 10. The van der Waals surface area contributed by atoms with Crippen molar-refractivity contribution in [1.29, 1.82) is 0 Å². The van der Waals surface area contributed by atoms with Gasteiger partial charge in [0.1, 0.15) is 0 Å². The third-order valence-corrected chi connectivity index (χ3v) is 8.64. The van der Waals surface area contributed by atoms with E-state index in [1.807, 2.05) is 60.7 Å². The fourth-order valence-electron chi connectivity index (χ4n) is 4.65. The Morgan fingerprint density at radius 3 is 2.36 bits per heavy atom. The molecule has 0 radical (unpaired) electrons. The zero-order valence-corrected chi connectivity index (χ0v) is 26.0. The first-order chi connectivity index (χ1) is 21.3. The molecule has 0 atom stereocenters. The van der Waals surface area contributed by atoms with Gasteiger partial charge in [-0.3, -0.25) is 4.79 Å². The molecule has 0 aliphatic carbocycles. The number of aryl methyl sites for hydroxylation is 1. The van der Waals surface area contributed by atoms with Crippen LogP contribution >= 0.6 is 35.0 Å².